The van der Waals surface area contributed by atoms with Gasteiger partial charge in [-0.1, -0.05) is 12.2 Å². The smallest absolute Gasteiger partial charge is 0.227 e. The predicted molar refractivity (Wildman–Crippen MR) is 89.3 cm³/mol. The molecule has 128 valence electrons. The Balaban J connectivity index is 1.62. The van der Waals surface area contributed by atoms with Gasteiger partial charge in [0.25, 0.3) is 0 Å². The highest BCUT2D eigenvalue weighted by atomic mass is 19.1. The molecular formula is C18H23FN4O. The van der Waals surface area contributed by atoms with Gasteiger partial charge in [-0.05, 0) is 31.9 Å². The molecule has 0 spiro atoms. The lowest BCUT2D eigenvalue weighted by Gasteiger charge is -2.40. The van der Waals surface area contributed by atoms with Gasteiger partial charge in [0.15, 0.2) is 0 Å². The van der Waals surface area contributed by atoms with Gasteiger partial charge >= 0.3 is 0 Å². The van der Waals surface area contributed by atoms with Gasteiger partial charge in [0.2, 0.25) is 5.91 Å². The molecule has 6 heteroatoms. The maximum atomic E-state index is 14.7. The summed E-state index contributed by atoms with van der Waals surface area (Å²) in [6.45, 7) is 4.77. The Bertz CT molecular complexity index is 650. The molecule has 1 fully saturated rings. The number of primary amides is 1. The fourth-order valence-electron chi connectivity index (χ4n) is 3.77. The van der Waals surface area contributed by atoms with Gasteiger partial charge in [0.05, 0.1) is 12.0 Å². The Labute approximate surface area is 141 Å². The quantitative estimate of drug-likeness (QED) is 0.851. The second kappa shape index (κ2) is 6.40. The van der Waals surface area contributed by atoms with Crippen molar-refractivity contribution in [3.63, 3.8) is 0 Å². The van der Waals surface area contributed by atoms with E-state index in [9.17, 15) is 9.18 Å². The number of hydrogen-bond acceptors (Lipinski definition) is 4. The molecule has 2 unspecified atom stereocenters. The maximum absolute atomic E-state index is 14.7. The second-order valence-corrected chi connectivity index (χ2v) is 6.89. The number of amides is 1. The van der Waals surface area contributed by atoms with Crippen LogP contribution in [0.2, 0.25) is 0 Å². The highest BCUT2D eigenvalue weighted by Gasteiger charge is 2.38. The Morgan fingerprint density at radius 2 is 2.12 bits per heavy atom. The average molecular weight is 330 g/mol. The molecule has 1 aliphatic heterocycles. The molecule has 0 aromatic carbocycles. The van der Waals surface area contributed by atoms with E-state index in [2.05, 4.69) is 21.9 Å². The zero-order valence-electron chi connectivity index (χ0n) is 13.9. The van der Waals surface area contributed by atoms with Crippen molar-refractivity contribution in [3.05, 3.63) is 35.6 Å². The van der Waals surface area contributed by atoms with Crippen molar-refractivity contribution < 1.29 is 9.18 Å². The number of hydrogen-bond donors (Lipinski definition) is 1. The molecule has 2 aliphatic carbocycles. The van der Waals surface area contributed by atoms with E-state index in [-0.39, 0.29) is 0 Å². The number of nitriles is 1. The molecular weight excluding hydrogens is 307 g/mol. The van der Waals surface area contributed by atoms with Gasteiger partial charge in [0, 0.05) is 43.5 Å². The van der Waals surface area contributed by atoms with Crippen molar-refractivity contribution in [1.29, 1.82) is 5.26 Å². The zero-order chi connectivity index (χ0) is 17.3. The summed E-state index contributed by atoms with van der Waals surface area (Å²) < 4.78 is 14.7. The highest BCUT2D eigenvalue weighted by Crippen LogP contribution is 2.32. The molecule has 3 atom stereocenters. The Hall–Kier alpha value is -2.13. The molecule has 1 amide bonds. The zero-order valence-corrected chi connectivity index (χ0v) is 13.9. The van der Waals surface area contributed by atoms with Crippen molar-refractivity contribution in [2.75, 3.05) is 26.2 Å². The number of piperazine rings is 1. The lowest BCUT2D eigenvalue weighted by molar-refractivity contribution is -0.123. The molecule has 1 saturated heterocycles. The fraction of sp³-hybridized carbons (Fsp3) is 0.556. The van der Waals surface area contributed by atoms with Crippen molar-refractivity contribution in [2.24, 2.45) is 11.7 Å². The van der Waals surface area contributed by atoms with Crippen LogP contribution in [0.15, 0.2) is 35.6 Å². The molecule has 0 aromatic heterocycles. The summed E-state index contributed by atoms with van der Waals surface area (Å²) in [6.07, 6.45) is 8.84. The van der Waals surface area contributed by atoms with E-state index in [1.165, 1.54) is 13.0 Å². The molecule has 0 radical (unpaired) electrons. The minimum atomic E-state index is -1.75. The van der Waals surface area contributed by atoms with Crippen LogP contribution in [0.1, 0.15) is 19.8 Å². The van der Waals surface area contributed by atoms with E-state index in [0.717, 1.165) is 50.3 Å². The normalized spacial score (nSPS) is 33.8. The maximum Gasteiger partial charge on any atom is 0.227 e. The molecule has 5 nitrogen and oxygen atoms in total. The lowest BCUT2D eigenvalue weighted by Crippen LogP contribution is -2.49. The third-order valence-corrected chi connectivity index (χ3v) is 5.20. The number of carbonyl (C=O) groups is 1. The van der Waals surface area contributed by atoms with Gasteiger partial charge < -0.3 is 10.6 Å². The first-order chi connectivity index (χ1) is 11.4. The second-order valence-electron chi connectivity index (χ2n) is 6.89. The molecule has 0 aromatic rings. The van der Waals surface area contributed by atoms with Crippen LogP contribution >= 0.6 is 0 Å². The third kappa shape index (κ3) is 3.22. The van der Waals surface area contributed by atoms with Crippen molar-refractivity contribution in [3.8, 4) is 6.07 Å². The topological polar surface area (TPSA) is 73.4 Å². The average Bonchev–Trinajstić information content (AvgIpc) is 3.02. The van der Waals surface area contributed by atoms with Gasteiger partial charge in [-0.25, -0.2) is 4.39 Å². The number of allylic oxidation sites excluding steroid dienone is 3. The predicted octanol–water partition coefficient (Wildman–Crippen LogP) is 1.50. The van der Waals surface area contributed by atoms with Crippen LogP contribution in [0, 0.1) is 17.2 Å². The first-order valence-electron chi connectivity index (χ1n) is 8.40. The minimum absolute atomic E-state index is 0.350. The van der Waals surface area contributed by atoms with E-state index in [4.69, 9.17) is 11.0 Å². The van der Waals surface area contributed by atoms with Crippen molar-refractivity contribution in [1.82, 2.24) is 9.80 Å². The van der Waals surface area contributed by atoms with Gasteiger partial charge in [-0.2, -0.15) is 5.26 Å². The SMILES string of the molecule is CC1(F)C=C(N2CCN(C3C=C(C#N)CC3)CC2)C=C[C@@H]1C(N)=O. The molecule has 24 heavy (non-hydrogen) atoms. The number of alkyl halides is 1. The third-order valence-electron chi connectivity index (χ3n) is 5.20. The first kappa shape index (κ1) is 16.7. The van der Waals surface area contributed by atoms with E-state index in [0.29, 0.717) is 6.04 Å². The number of rotatable bonds is 3. The van der Waals surface area contributed by atoms with Gasteiger partial charge in [-0.3, -0.25) is 9.69 Å². The van der Waals surface area contributed by atoms with Gasteiger partial charge in [-0.15, -0.1) is 0 Å². The van der Waals surface area contributed by atoms with Crippen LogP contribution in [-0.4, -0.2) is 53.6 Å². The number of nitrogens with two attached hydrogens (primary N) is 1. The summed E-state index contributed by atoms with van der Waals surface area (Å²) >= 11 is 0. The first-order valence-corrected chi connectivity index (χ1v) is 8.40. The standard InChI is InChI=1S/C18H23FN4O/c1-18(19)11-15(4-5-16(18)17(21)24)23-8-6-22(7-9-23)14-3-2-13(10-14)12-20/h4-5,10-11,14,16H,2-3,6-9H2,1H3,(H2,21,24)/t14?,16-,18?/m1/s1. The lowest BCUT2D eigenvalue weighted by atomic mass is 9.85. The van der Waals surface area contributed by atoms with E-state index in [1.807, 2.05) is 0 Å². The largest absolute Gasteiger partial charge is 0.369 e. The van der Waals surface area contributed by atoms with E-state index < -0.39 is 17.5 Å². The van der Waals surface area contributed by atoms with E-state index >= 15 is 0 Å². The minimum Gasteiger partial charge on any atom is -0.369 e. The van der Waals surface area contributed by atoms with Crippen LogP contribution in [-0.2, 0) is 4.79 Å². The Morgan fingerprint density at radius 1 is 1.42 bits per heavy atom. The van der Waals surface area contributed by atoms with Crippen LogP contribution in [0.25, 0.3) is 0 Å². The Kier molecular flexibility index (Phi) is 4.46. The fourth-order valence-corrected chi connectivity index (χ4v) is 3.77. The summed E-state index contributed by atoms with van der Waals surface area (Å²) in [5, 5.41) is 8.98. The summed E-state index contributed by atoms with van der Waals surface area (Å²) in [4.78, 5) is 15.9. The summed E-state index contributed by atoms with van der Waals surface area (Å²) in [5.41, 5.74) is 5.22. The van der Waals surface area contributed by atoms with E-state index in [1.54, 1.807) is 12.2 Å². The van der Waals surface area contributed by atoms with Crippen LogP contribution < -0.4 is 5.73 Å². The Morgan fingerprint density at radius 3 is 2.67 bits per heavy atom. The number of halogens is 1. The van der Waals surface area contributed by atoms with Crippen molar-refractivity contribution >= 4 is 5.91 Å². The van der Waals surface area contributed by atoms with Crippen LogP contribution in [0.3, 0.4) is 0 Å². The summed E-state index contributed by atoms with van der Waals surface area (Å²) in [5.74, 6) is -1.55. The monoisotopic (exact) mass is 330 g/mol. The number of carbonyl (C=O) groups excluding carboxylic acids is 1. The molecule has 0 saturated carbocycles. The number of nitrogens with zero attached hydrogens (tertiary/aromatic N) is 3. The molecule has 3 rings (SSSR count). The van der Waals surface area contributed by atoms with Crippen LogP contribution in [0.4, 0.5) is 4.39 Å². The molecule has 0 bridgehead atoms. The highest BCUT2D eigenvalue weighted by molar-refractivity contribution is 5.81. The van der Waals surface area contributed by atoms with Crippen molar-refractivity contribution in [2.45, 2.75) is 31.5 Å². The molecule has 3 aliphatic rings. The summed E-state index contributed by atoms with van der Waals surface area (Å²) in [6, 6.07) is 2.59. The molecule has 1 heterocycles. The summed E-state index contributed by atoms with van der Waals surface area (Å²) in [7, 11) is 0. The van der Waals surface area contributed by atoms with Gasteiger partial charge in [0.1, 0.15) is 5.67 Å². The molecule has 2 N–H and O–H groups in total. The van der Waals surface area contributed by atoms with Crippen LogP contribution in [0.5, 0.6) is 0 Å².